The van der Waals surface area contributed by atoms with Crippen LogP contribution in [0.25, 0.3) is 10.8 Å². The molecule has 0 spiro atoms. The van der Waals surface area contributed by atoms with E-state index >= 15 is 0 Å². The zero-order chi connectivity index (χ0) is 19.8. The Labute approximate surface area is 174 Å². The highest BCUT2D eigenvalue weighted by Crippen LogP contribution is 2.48. The van der Waals surface area contributed by atoms with Gasteiger partial charge in [-0.3, -0.25) is 9.48 Å². The van der Waals surface area contributed by atoms with Gasteiger partial charge < -0.3 is 5.32 Å². The molecular weight excluding hydrogens is 382 g/mol. The van der Waals surface area contributed by atoms with E-state index in [4.69, 9.17) is 11.6 Å². The highest BCUT2D eigenvalue weighted by Gasteiger charge is 2.43. The first kappa shape index (κ1) is 18.0. The van der Waals surface area contributed by atoms with Crippen molar-refractivity contribution in [3.05, 3.63) is 95.3 Å². The molecule has 1 amide bonds. The third-order valence-corrected chi connectivity index (χ3v) is 5.79. The molecule has 2 atom stereocenters. The van der Waals surface area contributed by atoms with Gasteiger partial charge in [0.25, 0.3) is 0 Å². The summed E-state index contributed by atoms with van der Waals surface area (Å²) in [5, 5.41) is 10.6. The van der Waals surface area contributed by atoms with Crippen LogP contribution in [0.4, 0.5) is 5.69 Å². The second-order valence-electron chi connectivity index (χ2n) is 7.55. The first-order valence-electron chi connectivity index (χ1n) is 9.73. The van der Waals surface area contributed by atoms with Gasteiger partial charge in [0.1, 0.15) is 0 Å². The van der Waals surface area contributed by atoms with Gasteiger partial charge >= 0.3 is 0 Å². The Balaban J connectivity index is 1.25. The summed E-state index contributed by atoms with van der Waals surface area (Å²) in [5.74, 6) is 0.338. The molecule has 1 saturated carbocycles. The number of nitrogens with zero attached hydrogens (tertiary/aromatic N) is 2. The number of benzene rings is 3. The number of nitrogens with one attached hydrogen (secondary N) is 1. The molecule has 29 heavy (non-hydrogen) atoms. The Bertz CT molecular complexity index is 1180. The Hall–Kier alpha value is -3.11. The number of amides is 1. The van der Waals surface area contributed by atoms with Crippen molar-refractivity contribution in [2.45, 2.75) is 18.9 Å². The topological polar surface area (TPSA) is 46.9 Å². The first-order valence-corrected chi connectivity index (χ1v) is 10.1. The Morgan fingerprint density at radius 1 is 1.07 bits per heavy atom. The molecule has 5 heteroatoms. The molecule has 1 aliphatic rings. The SMILES string of the molecule is O=C(Nc1cnn(Cc2cccc3ccccc23)c1)C1CC1c1ccc(Cl)cc1. The number of aromatic nitrogens is 2. The molecule has 1 heterocycles. The maximum atomic E-state index is 12.6. The molecule has 1 aromatic heterocycles. The molecule has 1 aliphatic carbocycles. The fraction of sp³-hybridized carbons (Fsp3) is 0.167. The van der Waals surface area contributed by atoms with Crippen molar-refractivity contribution in [1.29, 1.82) is 0 Å². The number of fused-ring (bicyclic) bond motifs is 1. The smallest absolute Gasteiger partial charge is 0.228 e. The summed E-state index contributed by atoms with van der Waals surface area (Å²) >= 11 is 5.95. The van der Waals surface area contributed by atoms with E-state index in [0.29, 0.717) is 11.6 Å². The molecule has 1 N–H and O–H groups in total. The lowest BCUT2D eigenvalue weighted by molar-refractivity contribution is -0.117. The molecule has 5 rings (SSSR count). The number of hydrogen-bond acceptors (Lipinski definition) is 2. The molecule has 0 aliphatic heterocycles. The van der Waals surface area contributed by atoms with Crippen LogP contribution < -0.4 is 5.32 Å². The molecule has 3 aromatic carbocycles. The number of anilines is 1. The summed E-state index contributed by atoms with van der Waals surface area (Å²) < 4.78 is 1.86. The van der Waals surface area contributed by atoms with Crippen LogP contribution in [0, 0.1) is 5.92 Å². The van der Waals surface area contributed by atoms with Gasteiger partial charge in [-0.15, -0.1) is 0 Å². The summed E-state index contributed by atoms with van der Waals surface area (Å²) in [4.78, 5) is 12.6. The lowest BCUT2D eigenvalue weighted by Gasteiger charge is -2.06. The van der Waals surface area contributed by atoms with E-state index in [0.717, 1.165) is 12.1 Å². The summed E-state index contributed by atoms with van der Waals surface area (Å²) in [7, 11) is 0. The van der Waals surface area contributed by atoms with Crippen molar-refractivity contribution >= 4 is 34.0 Å². The molecule has 1 fully saturated rings. The Kier molecular flexibility index (Phi) is 4.57. The van der Waals surface area contributed by atoms with Gasteiger partial charge in [0.15, 0.2) is 0 Å². The van der Waals surface area contributed by atoms with E-state index in [1.54, 1.807) is 6.20 Å². The molecule has 4 nitrogen and oxygen atoms in total. The zero-order valence-electron chi connectivity index (χ0n) is 15.8. The van der Waals surface area contributed by atoms with E-state index in [-0.39, 0.29) is 17.7 Å². The molecule has 144 valence electrons. The minimum atomic E-state index is 0.0117. The van der Waals surface area contributed by atoms with Gasteiger partial charge in [-0.1, -0.05) is 66.2 Å². The Morgan fingerprint density at radius 3 is 2.72 bits per heavy atom. The van der Waals surface area contributed by atoms with Crippen LogP contribution in [0.15, 0.2) is 79.1 Å². The van der Waals surface area contributed by atoms with Crippen LogP contribution in [0.1, 0.15) is 23.5 Å². The van der Waals surface area contributed by atoms with Crippen molar-refractivity contribution in [3.63, 3.8) is 0 Å². The van der Waals surface area contributed by atoms with E-state index < -0.39 is 0 Å². The van der Waals surface area contributed by atoms with Crippen molar-refractivity contribution in [3.8, 4) is 0 Å². The minimum Gasteiger partial charge on any atom is -0.323 e. The monoisotopic (exact) mass is 401 g/mol. The van der Waals surface area contributed by atoms with Crippen LogP contribution in [-0.4, -0.2) is 15.7 Å². The predicted octanol–water partition coefficient (Wildman–Crippen LogP) is 5.48. The van der Waals surface area contributed by atoms with Gasteiger partial charge in [0.2, 0.25) is 5.91 Å². The quantitative estimate of drug-likeness (QED) is 0.481. The molecule has 0 bridgehead atoms. The molecule has 0 radical (unpaired) electrons. The van der Waals surface area contributed by atoms with Gasteiger partial charge in [-0.2, -0.15) is 5.10 Å². The van der Waals surface area contributed by atoms with E-state index in [1.807, 2.05) is 47.3 Å². The number of hydrogen-bond donors (Lipinski definition) is 1. The van der Waals surface area contributed by atoms with E-state index in [2.05, 4.69) is 40.7 Å². The van der Waals surface area contributed by atoms with Crippen LogP contribution in [0.2, 0.25) is 5.02 Å². The second kappa shape index (κ2) is 7.37. The maximum Gasteiger partial charge on any atom is 0.228 e. The van der Waals surface area contributed by atoms with Crippen molar-refractivity contribution in [1.82, 2.24) is 9.78 Å². The highest BCUT2D eigenvalue weighted by atomic mass is 35.5. The molecule has 2 unspecified atom stereocenters. The second-order valence-corrected chi connectivity index (χ2v) is 7.99. The predicted molar refractivity (Wildman–Crippen MR) is 116 cm³/mol. The standard InChI is InChI=1S/C24H20ClN3O/c25-19-10-8-17(9-11-19)22-12-23(22)24(29)27-20-13-26-28(15-20)14-18-6-3-5-16-4-1-2-7-21(16)18/h1-11,13,15,22-23H,12,14H2,(H,27,29). The molecular formula is C24H20ClN3O. The maximum absolute atomic E-state index is 12.6. The van der Waals surface area contributed by atoms with Gasteiger partial charge in [-0.05, 0) is 46.4 Å². The zero-order valence-corrected chi connectivity index (χ0v) is 16.5. The van der Waals surface area contributed by atoms with Gasteiger partial charge in [0, 0.05) is 17.1 Å². The highest BCUT2D eigenvalue weighted by molar-refractivity contribution is 6.30. The normalized spacial score (nSPS) is 18.0. The summed E-state index contributed by atoms with van der Waals surface area (Å²) in [6.45, 7) is 0.661. The van der Waals surface area contributed by atoms with E-state index in [9.17, 15) is 4.79 Å². The van der Waals surface area contributed by atoms with Crippen LogP contribution in [0.3, 0.4) is 0 Å². The average molecular weight is 402 g/mol. The summed E-state index contributed by atoms with van der Waals surface area (Å²) in [5.41, 5.74) is 3.10. The van der Waals surface area contributed by atoms with Gasteiger partial charge in [0.05, 0.1) is 18.4 Å². The summed E-state index contributed by atoms with van der Waals surface area (Å²) in [6.07, 6.45) is 4.47. The van der Waals surface area contributed by atoms with Gasteiger partial charge in [-0.25, -0.2) is 0 Å². The number of halogens is 1. The largest absolute Gasteiger partial charge is 0.323 e. The van der Waals surface area contributed by atoms with Crippen LogP contribution >= 0.6 is 11.6 Å². The molecule has 4 aromatic rings. The third kappa shape index (κ3) is 3.76. The average Bonchev–Trinajstić information content (AvgIpc) is 3.43. The third-order valence-electron chi connectivity index (χ3n) is 5.54. The fourth-order valence-electron chi connectivity index (χ4n) is 3.92. The minimum absolute atomic E-state index is 0.0117. The van der Waals surface area contributed by atoms with E-state index in [1.165, 1.54) is 21.9 Å². The summed E-state index contributed by atoms with van der Waals surface area (Å²) in [6, 6.07) is 22.4. The molecule has 0 saturated heterocycles. The van der Waals surface area contributed by atoms with Crippen molar-refractivity contribution in [2.75, 3.05) is 5.32 Å². The Morgan fingerprint density at radius 2 is 1.86 bits per heavy atom. The first-order chi connectivity index (χ1) is 14.2. The van der Waals surface area contributed by atoms with Crippen LogP contribution in [0.5, 0.6) is 0 Å². The number of carbonyl (C=O) groups excluding carboxylic acids is 1. The van der Waals surface area contributed by atoms with Crippen LogP contribution in [-0.2, 0) is 11.3 Å². The number of carbonyl (C=O) groups is 1. The van der Waals surface area contributed by atoms with Crippen molar-refractivity contribution in [2.24, 2.45) is 5.92 Å². The fourth-order valence-corrected chi connectivity index (χ4v) is 4.04. The van der Waals surface area contributed by atoms with Crippen molar-refractivity contribution < 1.29 is 4.79 Å². The lowest BCUT2D eigenvalue weighted by Crippen LogP contribution is -2.14. The number of rotatable bonds is 5. The lowest BCUT2D eigenvalue weighted by atomic mass is 10.0.